The van der Waals surface area contributed by atoms with E-state index < -0.39 is 5.63 Å². The van der Waals surface area contributed by atoms with Crippen LogP contribution in [0.5, 0.6) is 17.2 Å². The van der Waals surface area contributed by atoms with E-state index in [9.17, 15) is 4.79 Å². The molecule has 0 spiro atoms. The summed E-state index contributed by atoms with van der Waals surface area (Å²) >= 11 is 0. The Bertz CT molecular complexity index is 973. The summed E-state index contributed by atoms with van der Waals surface area (Å²) in [5, 5.41) is 0.704. The van der Waals surface area contributed by atoms with Crippen LogP contribution in [0.2, 0.25) is 0 Å². The maximum absolute atomic E-state index is 12.9. The second kappa shape index (κ2) is 18.6. The molecule has 0 unspecified atom stereocenters. The first-order valence-corrected chi connectivity index (χ1v) is 14.0. The normalized spacial score (nSPS) is 11.6. The van der Waals surface area contributed by atoms with Gasteiger partial charge in [-0.1, -0.05) is 96.1 Å². The molecule has 0 N–H and O–H groups in total. The van der Waals surface area contributed by atoms with E-state index in [-0.39, 0.29) is 5.75 Å². The van der Waals surface area contributed by atoms with Crippen molar-refractivity contribution in [3.05, 3.63) is 52.9 Å². The first kappa shape index (κ1) is 29.5. The lowest BCUT2D eigenvalue weighted by molar-refractivity contribution is 0.256. The summed E-state index contributed by atoms with van der Waals surface area (Å²) < 4.78 is 23.7. The summed E-state index contributed by atoms with van der Waals surface area (Å²) in [7, 11) is 0. The molecule has 0 saturated heterocycles. The van der Waals surface area contributed by atoms with Crippen LogP contribution in [0.3, 0.4) is 0 Å². The number of ether oxygens (including phenoxy) is 3. The van der Waals surface area contributed by atoms with Crippen molar-refractivity contribution in [1.29, 1.82) is 0 Å². The molecule has 0 atom stereocenters. The molecule has 0 fully saturated rings. The predicted molar refractivity (Wildman–Crippen MR) is 150 cm³/mol. The number of hydrogen-bond acceptors (Lipinski definition) is 5. The van der Waals surface area contributed by atoms with Crippen molar-refractivity contribution in [3.8, 4) is 17.2 Å². The Morgan fingerprint density at radius 2 is 1.31 bits per heavy atom. The Morgan fingerprint density at radius 3 is 1.97 bits per heavy atom. The summed E-state index contributed by atoms with van der Waals surface area (Å²) in [6.07, 6.45) is 21.6. The lowest BCUT2D eigenvalue weighted by Gasteiger charge is -2.15. The predicted octanol–water partition coefficient (Wildman–Crippen LogP) is 8.78. The van der Waals surface area contributed by atoms with Gasteiger partial charge in [-0.3, -0.25) is 0 Å². The van der Waals surface area contributed by atoms with Crippen LogP contribution in [0.4, 0.5) is 0 Å². The fourth-order valence-corrected chi connectivity index (χ4v) is 3.98. The van der Waals surface area contributed by atoms with Crippen molar-refractivity contribution in [1.82, 2.24) is 0 Å². The molecule has 0 radical (unpaired) electrons. The highest BCUT2D eigenvalue weighted by Crippen LogP contribution is 2.37. The Labute approximate surface area is 217 Å². The standard InChI is InChI=1S/C31H46O5/c1-4-7-10-13-14-15-16-19-24-34-29-26-21-20-22-27(33-23-17-11-8-5-2)28(26)36-31(32)30(29)35-25-18-12-9-6-3/h8-9,11-12,20-22H,4-7,10,13-19,23-25H2,1-3H3. The highest BCUT2D eigenvalue weighted by Gasteiger charge is 2.20. The number of rotatable bonds is 20. The first-order valence-electron chi connectivity index (χ1n) is 14.0. The van der Waals surface area contributed by atoms with Gasteiger partial charge >= 0.3 is 5.63 Å². The van der Waals surface area contributed by atoms with Gasteiger partial charge in [-0.15, -0.1) is 0 Å². The second-order valence-electron chi connectivity index (χ2n) is 9.04. The molecular formula is C31H46O5. The summed E-state index contributed by atoms with van der Waals surface area (Å²) in [6.45, 7) is 7.87. The zero-order valence-corrected chi connectivity index (χ0v) is 22.7. The minimum Gasteiger partial charge on any atom is -0.489 e. The van der Waals surface area contributed by atoms with E-state index in [2.05, 4.69) is 45.1 Å². The Kier molecular flexibility index (Phi) is 15.2. The van der Waals surface area contributed by atoms with Gasteiger partial charge < -0.3 is 18.6 Å². The van der Waals surface area contributed by atoms with Gasteiger partial charge in [0.15, 0.2) is 17.1 Å². The largest absolute Gasteiger partial charge is 0.489 e. The van der Waals surface area contributed by atoms with Gasteiger partial charge in [0, 0.05) is 0 Å². The number of fused-ring (bicyclic) bond motifs is 1. The maximum atomic E-state index is 12.9. The van der Waals surface area contributed by atoms with Crippen LogP contribution >= 0.6 is 0 Å². The molecule has 2 aromatic rings. The lowest BCUT2D eigenvalue weighted by Crippen LogP contribution is -2.12. The number of unbranched alkanes of at least 4 members (excludes halogenated alkanes) is 7. The van der Waals surface area contributed by atoms with E-state index in [1.54, 1.807) is 0 Å². The molecule has 200 valence electrons. The summed E-state index contributed by atoms with van der Waals surface area (Å²) in [5.41, 5.74) is -0.124. The van der Waals surface area contributed by atoms with Crippen molar-refractivity contribution >= 4 is 11.0 Å². The van der Waals surface area contributed by atoms with E-state index in [1.807, 2.05) is 18.2 Å². The fourth-order valence-electron chi connectivity index (χ4n) is 3.98. The summed E-state index contributed by atoms with van der Waals surface area (Å²) in [5.74, 6) is 1.15. The molecular weight excluding hydrogens is 452 g/mol. The van der Waals surface area contributed by atoms with Gasteiger partial charge in [0.1, 0.15) is 0 Å². The number of benzene rings is 1. The van der Waals surface area contributed by atoms with Crippen molar-refractivity contribution < 1.29 is 18.6 Å². The monoisotopic (exact) mass is 498 g/mol. The topological polar surface area (TPSA) is 57.9 Å². The zero-order valence-electron chi connectivity index (χ0n) is 22.7. The van der Waals surface area contributed by atoms with Gasteiger partial charge in [-0.25, -0.2) is 4.79 Å². The molecule has 0 aliphatic carbocycles. The van der Waals surface area contributed by atoms with E-state index >= 15 is 0 Å². The van der Waals surface area contributed by atoms with Gasteiger partial charge in [-0.05, 0) is 44.2 Å². The average Bonchev–Trinajstić information content (AvgIpc) is 2.88. The molecule has 0 saturated carbocycles. The van der Waals surface area contributed by atoms with Crippen molar-refractivity contribution in [2.75, 3.05) is 19.8 Å². The SMILES string of the molecule is CCC=CCCOc1c(OCCCCCCCCCC)c2cccc(OCCC=CCC)c2oc1=O. The smallest absolute Gasteiger partial charge is 0.383 e. The molecule has 0 aliphatic rings. The minimum absolute atomic E-state index is 0.148. The van der Waals surface area contributed by atoms with Crippen LogP contribution in [-0.4, -0.2) is 19.8 Å². The quantitative estimate of drug-likeness (QED) is 0.104. The highest BCUT2D eigenvalue weighted by molar-refractivity contribution is 5.89. The van der Waals surface area contributed by atoms with Crippen LogP contribution in [0.1, 0.15) is 97.8 Å². The van der Waals surface area contributed by atoms with Crippen LogP contribution in [0.25, 0.3) is 11.0 Å². The minimum atomic E-state index is -0.533. The second-order valence-corrected chi connectivity index (χ2v) is 9.04. The molecule has 0 bridgehead atoms. The number of allylic oxidation sites excluding steroid dienone is 2. The average molecular weight is 499 g/mol. The van der Waals surface area contributed by atoms with Crippen LogP contribution < -0.4 is 19.8 Å². The van der Waals surface area contributed by atoms with Crippen LogP contribution in [0, 0.1) is 0 Å². The molecule has 2 rings (SSSR count). The molecule has 36 heavy (non-hydrogen) atoms. The number of hydrogen-bond donors (Lipinski definition) is 0. The van der Waals surface area contributed by atoms with Gasteiger partial charge in [0.05, 0.1) is 25.2 Å². The zero-order chi connectivity index (χ0) is 25.8. The Hall–Kier alpha value is -2.69. The fraction of sp³-hybridized carbons (Fsp3) is 0.581. The van der Waals surface area contributed by atoms with Gasteiger partial charge in [0.2, 0.25) is 5.75 Å². The van der Waals surface area contributed by atoms with E-state index in [4.69, 9.17) is 18.6 Å². The third kappa shape index (κ3) is 10.5. The Balaban J connectivity index is 2.13. The first-order chi connectivity index (χ1) is 17.7. The van der Waals surface area contributed by atoms with E-state index in [1.165, 1.54) is 38.5 Å². The summed E-state index contributed by atoms with van der Waals surface area (Å²) in [6, 6.07) is 5.62. The third-order valence-electron chi connectivity index (χ3n) is 5.93. The van der Waals surface area contributed by atoms with Gasteiger partial charge in [0.25, 0.3) is 0 Å². The molecule has 5 nitrogen and oxygen atoms in total. The lowest BCUT2D eigenvalue weighted by atomic mass is 10.1. The third-order valence-corrected chi connectivity index (χ3v) is 5.93. The van der Waals surface area contributed by atoms with Gasteiger partial charge in [-0.2, -0.15) is 0 Å². The Morgan fingerprint density at radius 1 is 0.694 bits per heavy atom. The van der Waals surface area contributed by atoms with Crippen molar-refractivity contribution in [3.63, 3.8) is 0 Å². The molecule has 0 amide bonds. The summed E-state index contributed by atoms with van der Waals surface area (Å²) in [4.78, 5) is 12.9. The van der Waals surface area contributed by atoms with Crippen molar-refractivity contribution in [2.24, 2.45) is 0 Å². The van der Waals surface area contributed by atoms with E-state index in [0.717, 1.165) is 38.5 Å². The van der Waals surface area contributed by atoms with Crippen LogP contribution in [0.15, 0.2) is 51.7 Å². The highest BCUT2D eigenvalue weighted by atomic mass is 16.5. The molecule has 1 heterocycles. The van der Waals surface area contributed by atoms with Crippen LogP contribution in [-0.2, 0) is 0 Å². The maximum Gasteiger partial charge on any atom is 0.383 e. The van der Waals surface area contributed by atoms with E-state index in [0.29, 0.717) is 42.3 Å². The number of para-hydroxylation sites is 1. The molecule has 5 heteroatoms. The van der Waals surface area contributed by atoms with Crippen molar-refractivity contribution in [2.45, 2.75) is 97.8 Å². The molecule has 0 aliphatic heterocycles. The molecule has 1 aromatic heterocycles. The molecule has 1 aromatic carbocycles.